The van der Waals surface area contributed by atoms with Gasteiger partial charge in [-0.2, -0.15) is 18.3 Å². The maximum atomic E-state index is 13.0. The maximum Gasteiger partial charge on any atom is 0.416 e. The fraction of sp³-hybridized carbons (Fsp3) is 0.438. The summed E-state index contributed by atoms with van der Waals surface area (Å²) in [6, 6.07) is 3.27. The highest BCUT2D eigenvalue weighted by atomic mass is 35.5. The van der Waals surface area contributed by atoms with Gasteiger partial charge in [-0.15, -0.1) is 0 Å². The van der Waals surface area contributed by atoms with Crippen LogP contribution in [0.4, 0.5) is 19.0 Å². The Balaban J connectivity index is 1.84. The summed E-state index contributed by atoms with van der Waals surface area (Å²) in [6.45, 7) is 1.41. The van der Waals surface area contributed by atoms with E-state index in [4.69, 9.17) is 16.3 Å². The molecule has 1 atom stereocenters. The number of halogens is 4. The van der Waals surface area contributed by atoms with E-state index < -0.39 is 11.7 Å². The molecular weight excluding hydrogens is 343 g/mol. The molecule has 128 valence electrons. The van der Waals surface area contributed by atoms with Gasteiger partial charge in [0, 0.05) is 18.7 Å². The molecular formula is C16H15ClF3N3O. The van der Waals surface area contributed by atoms with Crippen LogP contribution in [0.25, 0.3) is 5.69 Å². The van der Waals surface area contributed by atoms with Gasteiger partial charge in [0.1, 0.15) is 11.9 Å². The van der Waals surface area contributed by atoms with Crippen LogP contribution in [-0.4, -0.2) is 22.9 Å². The largest absolute Gasteiger partial charge is 0.416 e. The Morgan fingerprint density at radius 2 is 2.17 bits per heavy atom. The predicted molar refractivity (Wildman–Crippen MR) is 83.7 cm³/mol. The summed E-state index contributed by atoms with van der Waals surface area (Å²) >= 11 is 6.16. The summed E-state index contributed by atoms with van der Waals surface area (Å²) in [6.07, 6.45) is -1.91. The van der Waals surface area contributed by atoms with Crippen LogP contribution in [0, 0.1) is 0 Å². The van der Waals surface area contributed by atoms with Crippen molar-refractivity contribution < 1.29 is 17.9 Å². The number of rotatable bonds is 2. The molecule has 1 fully saturated rings. The quantitative estimate of drug-likeness (QED) is 0.867. The summed E-state index contributed by atoms with van der Waals surface area (Å²) in [4.78, 5) is 0. The number of nitrogens with one attached hydrogen (secondary N) is 1. The van der Waals surface area contributed by atoms with Crippen LogP contribution < -0.4 is 5.32 Å². The number of alkyl halides is 3. The van der Waals surface area contributed by atoms with E-state index in [2.05, 4.69) is 10.4 Å². The van der Waals surface area contributed by atoms with Crippen LogP contribution in [0.2, 0.25) is 5.02 Å². The maximum absolute atomic E-state index is 13.0. The molecule has 3 heterocycles. The molecule has 0 radical (unpaired) electrons. The first-order chi connectivity index (χ1) is 11.4. The molecule has 0 saturated carbocycles. The van der Waals surface area contributed by atoms with Crippen molar-refractivity contribution in [2.24, 2.45) is 0 Å². The summed E-state index contributed by atoms with van der Waals surface area (Å²) in [5.41, 5.74) is 1.29. The predicted octanol–water partition coefficient (Wildman–Crippen LogP) is 4.36. The van der Waals surface area contributed by atoms with E-state index >= 15 is 0 Å². The molecule has 4 nitrogen and oxygen atoms in total. The zero-order chi connectivity index (χ0) is 16.9. The molecule has 8 heteroatoms. The highest BCUT2D eigenvalue weighted by Gasteiger charge is 2.33. The Hall–Kier alpha value is -1.73. The van der Waals surface area contributed by atoms with Gasteiger partial charge in [0.05, 0.1) is 22.0 Å². The number of anilines is 1. The van der Waals surface area contributed by atoms with Crippen LogP contribution in [0.1, 0.15) is 35.8 Å². The second-order valence-corrected chi connectivity index (χ2v) is 6.37. The lowest BCUT2D eigenvalue weighted by molar-refractivity contribution is -0.137. The number of hydrogen-bond acceptors (Lipinski definition) is 3. The topological polar surface area (TPSA) is 39.1 Å². The molecule has 0 amide bonds. The molecule has 2 aliphatic rings. The van der Waals surface area contributed by atoms with Crippen LogP contribution in [0.15, 0.2) is 18.2 Å². The third-order valence-electron chi connectivity index (χ3n) is 4.42. The Bertz CT molecular complexity index is 782. The van der Waals surface area contributed by atoms with Crippen LogP contribution in [0.3, 0.4) is 0 Å². The molecule has 0 spiro atoms. The Morgan fingerprint density at radius 1 is 1.33 bits per heavy atom. The van der Waals surface area contributed by atoms with Crippen molar-refractivity contribution in [2.75, 3.05) is 18.5 Å². The van der Waals surface area contributed by atoms with Crippen molar-refractivity contribution in [2.45, 2.75) is 31.5 Å². The fourth-order valence-corrected chi connectivity index (χ4v) is 3.48. The summed E-state index contributed by atoms with van der Waals surface area (Å²) in [7, 11) is 0. The first kappa shape index (κ1) is 15.8. The lowest BCUT2D eigenvalue weighted by atomic mass is 10.1. The number of ether oxygens (including phenoxy) is 1. The smallest absolute Gasteiger partial charge is 0.372 e. The average molecular weight is 358 g/mol. The van der Waals surface area contributed by atoms with E-state index in [-0.39, 0.29) is 16.8 Å². The van der Waals surface area contributed by atoms with Crippen molar-refractivity contribution in [3.8, 4) is 5.69 Å². The van der Waals surface area contributed by atoms with Gasteiger partial charge in [-0.05, 0) is 37.5 Å². The lowest BCUT2D eigenvalue weighted by Crippen LogP contribution is -2.10. The number of benzene rings is 1. The van der Waals surface area contributed by atoms with E-state index in [1.165, 1.54) is 10.7 Å². The molecule has 1 unspecified atom stereocenters. The molecule has 1 saturated heterocycles. The summed E-state index contributed by atoms with van der Waals surface area (Å²) < 4.78 is 46.3. The van der Waals surface area contributed by atoms with Gasteiger partial charge < -0.3 is 10.1 Å². The van der Waals surface area contributed by atoms with Crippen molar-refractivity contribution in [1.82, 2.24) is 9.78 Å². The fourth-order valence-electron chi connectivity index (χ4n) is 3.28. The highest BCUT2D eigenvalue weighted by molar-refractivity contribution is 6.32. The van der Waals surface area contributed by atoms with Gasteiger partial charge in [-0.25, -0.2) is 4.68 Å². The second-order valence-electron chi connectivity index (χ2n) is 5.97. The SMILES string of the molecule is FC(F)(F)c1ccc(Cl)c(-n2nc(C3CCCO3)c3c2NCC3)c1. The molecule has 1 aromatic carbocycles. The minimum atomic E-state index is -4.43. The molecule has 1 N–H and O–H groups in total. The van der Waals surface area contributed by atoms with Gasteiger partial charge >= 0.3 is 6.18 Å². The van der Waals surface area contributed by atoms with Gasteiger partial charge in [-0.3, -0.25) is 0 Å². The molecule has 0 aliphatic carbocycles. The number of nitrogens with zero attached hydrogens (tertiary/aromatic N) is 2. The van der Waals surface area contributed by atoms with E-state index in [1.54, 1.807) is 0 Å². The number of fused-ring (bicyclic) bond motifs is 1. The van der Waals surface area contributed by atoms with Crippen molar-refractivity contribution in [1.29, 1.82) is 0 Å². The lowest BCUT2D eigenvalue weighted by Gasteiger charge is -2.12. The molecule has 2 aliphatic heterocycles. The van der Waals surface area contributed by atoms with Gasteiger partial charge in [-0.1, -0.05) is 11.6 Å². The number of hydrogen-bond donors (Lipinski definition) is 1. The van der Waals surface area contributed by atoms with E-state index in [0.29, 0.717) is 12.4 Å². The van der Waals surface area contributed by atoms with E-state index in [9.17, 15) is 13.2 Å². The average Bonchev–Trinajstić information content (AvgIpc) is 3.24. The van der Waals surface area contributed by atoms with Gasteiger partial charge in [0.25, 0.3) is 0 Å². The molecule has 2 aromatic rings. The van der Waals surface area contributed by atoms with Crippen molar-refractivity contribution in [3.05, 3.63) is 40.0 Å². The standard InChI is InChI=1S/C16H15ClF3N3O/c17-11-4-3-9(16(18,19)20)8-12(11)23-15-10(5-6-21-15)14(22-23)13-2-1-7-24-13/h3-4,8,13,21H,1-2,5-7H2. The van der Waals surface area contributed by atoms with E-state index in [1.807, 2.05) is 0 Å². The summed E-state index contributed by atoms with van der Waals surface area (Å²) in [5.74, 6) is 0.710. The van der Waals surface area contributed by atoms with Gasteiger partial charge in [0.2, 0.25) is 0 Å². The van der Waals surface area contributed by atoms with Crippen molar-refractivity contribution >= 4 is 17.4 Å². The first-order valence-corrected chi connectivity index (χ1v) is 8.17. The third-order valence-corrected chi connectivity index (χ3v) is 4.74. The zero-order valence-corrected chi connectivity index (χ0v) is 13.4. The Morgan fingerprint density at radius 3 is 2.88 bits per heavy atom. The van der Waals surface area contributed by atoms with Crippen LogP contribution in [-0.2, 0) is 17.3 Å². The first-order valence-electron chi connectivity index (χ1n) is 7.79. The molecule has 0 bridgehead atoms. The van der Waals surface area contributed by atoms with Crippen LogP contribution in [0.5, 0.6) is 0 Å². The Kier molecular flexibility index (Phi) is 3.73. The molecule has 24 heavy (non-hydrogen) atoms. The minimum Gasteiger partial charge on any atom is -0.372 e. The molecule has 1 aromatic heterocycles. The van der Waals surface area contributed by atoms with Crippen LogP contribution >= 0.6 is 11.6 Å². The van der Waals surface area contributed by atoms with Crippen molar-refractivity contribution in [3.63, 3.8) is 0 Å². The minimum absolute atomic E-state index is 0.0931. The monoisotopic (exact) mass is 357 g/mol. The van der Waals surface area contributed by atoms with E-state index in [0.717, 1.165) is 49.2 Å². The number of aromatic nitrogens is 2. The summed E-state index contributed by atoms with van der Waals surface area (Å²) in [5, 5.41) is 7.97. The zero-order valence-electron chi connectivity index (χ0n) is 12.7. The normalized spacial score (nSPS) is 20.2. The highest BCUT2D eigenvalue weighted by Crippen LogP contribution is 2.39. The molecule has 4 rings (SSSR count). The third kappa shape index (κ3) is 2.56. The van der Waals surface area contributed by atoms with Gasteiger partial charge in [0.15, 0.2) is 0 Å². The Labute approximate surface area is 141 Å². The second kappa shape index (κ2) is 5.67.